The van der Waals surface area contributed by atoms with Gasteiger partial charge in [-0.2, -0.15) is 0 Å². The van der Waals surface area contributed by atoms with E-state index >= 15 is 0 Å². The molecule has 84 heavy (non-hydrogen) atoms. The Morgan fingerprint density at radius 2 is 0.488 bits per heavy atom. The smallest absolute Gasteiger partial charge is 0.159 e. The molecule has 0 bridgehead atoms. The Labute approximate surface area is 476 Å². The third-order valence-electron chi connectivity index (χ3n) is 17.4. The number of aromatic nitrogens is 4. The first-order valence-electron chi connectivity index (χ1n) is 28.4. The molecule has 0 unspecified atom stereocenters. The van der Waals surface area contributed by atoms with Crippen molar-refractivity contribution in [3.63, 3.8) is 0 Å². The van der Waals surface area contributed by atoms with Crippen molar-refractivity contribution in [2.24, 2.45) is 0 Å². The fourth-order valence-electron chi connectivity index (χ4n) is 13.9. The molecule has 8 heterocycles. The lowest BCUT2D eigenvalue weighted by Crippen LogP contribution is -2.02. The maximum absolute atomic E-state index is 6.59. The zero-order chi connectivity index (χ0) is 54.7. The van der Waals surface area contributed by atoms with E-state index in [0.29, 0.717) is 0 Å². The van der Waals surface area contributed by atoms with Crippen LogP contribution in [0, 0.1) is 0 Å². The monoisotopic (exact) mass is 1080 g/mol. The van der Waals surface area contributed by atoms with Crippen LogP contribution in [0.15, 0.2) is 285 Å². The summed E-state index contributed by atoms with van der Waals surface area (Å²) in [4.78, 5) is 0. The summed E-state index contributed by atoms with van der Waals surface area (Å²) in [5, 5.41) is 16.3. The predicted molar refractivity (Wildman–Crippen MR) is 344 cm³/mol. The van der Waals surface area contributed by atoms with Crippen molar-refractivity contribution < 1.29 is 17.7 Å². The van der Waals surface area contributed by atoms with Crippen LogP contribution >= 0.6 is 0 Å². The molecule has 8 heteroatoms. The van der Waals surface area contributed by atoms with E-state index in [2.05, 4.69) is 237 Å². The second-order valence-corrected chi connectivity index (χ2v) is 21.9. The molecule has 0 N–H and O–H groups in total. The maximum Gasteiger partial charge on any atom is 0.159 e. The van der Waals surface area contributed by atoms with Crippen molar-refractivity contribution in [2.75, 3.05) is 0 Å². The number of para-hydroxylation sites is 10. The van der Waals surface area contributed by atoms with E-state index in [1.807, 2.05) is 48.5 Å². The summed E-state index contributed by atoms with van der Waals surface area (Å²) in [6.45, 7) is 0. The Balaban J connectivity index is 0.000000124. The third-order valence-corrected chi connectivity index (χ3v) is 17.4. The van der Waals surface area contributed by atoms with Gasteiger partial charge in [0.15, 0.2) is 11.2 Å². The molecule has 0 fully saturated rings. The van der Waals surface area contributed by atoms with Crippen molar-refractivity contribution >= 4 is 153 Å². The molecule has 0 aliphatic heterocycles. The highest BCUT2D eigenvalue weighted by atomic mass is 16.3. The van der Waals surface area contributed by atoms with Crippen molar-refractivity contribution in [1.29, 1.82) is 0 Å². The molecule has 0 aliphatic carbocycles. The van der Waals surface area contributed by atoms with Gasteiger partial charge in [-0.15, -0.1) is 0 Å². The van der Waals surface area contributed by atoms with Crippen LogP contribution in [0.3, 0.4) is 0 Å². The predicted octanol–water partition coefficient (Wildman–Crippen LogP) is 21.1. The summed E-state index contributed by atoms with van der Waals surface area (Å²) in [7, 11) is 0. The molecule has 20 rings (SSSR count). The van der Waals surface area contributed by atoms with Gasteiger partial charge < -0.3 is 17.7 Å². The summed E-state index contributed by atoms with van der Waals surface area (Å²) >= 11 is 0. The lowest BCUT2D eigenvalue weighted by atomic mass is 10.1. The van der Waals surface area contributed by atoms with Crippen molar-refractivity contribution in [1.82, 2.24) is 18.3 Å². The van der Waals surface area contributed by atoms with E-state index in [0.717, 1.165) is 133 Å². The number of hydrogen-bond donors (Lipinski definition) is 0. The second kappa shape index (κ2) is 17.0. The quantitative estimate of drug-likeness (QED) is 0.176. The number of benzene rings is 12. The van der Waals surface area contributed by atoms with Crippen LogP contribution in [0.2, 0.25) is 0 Å². The van der Waals surface area contributed by atoms with E-state index in [4.69, 9.17) is 17.7 Å². The summed E-state index contributed by atoms with van der Waals surface area (Å²) in [5.74, 6) is 0. The molecule has 20 aromatic rings. The van der Waals surface area contributed by atoms with Crippen LogP contribution in [-0.4, -0.2) is 18.3 Å². The van der Waals surface area contributed by atoms with Crippen LogP contribution in [0.1, 0.15) is 0 Å². The Bertz CT molecular complexity index is 5780. The van der Waals surface area contributed by atoms with Crippen LogP contribution in [0.5, 0.6) is 0 Å². The Morgan fingerprint density at radius 1 is 0.202 bits per heavy atom. The summed E-state index contributed by atoms with van der Waals surface area (Å²) in [6, 6.07) is 93.8. The van der Waals surface area contributed by atoms with Crippen LogP contribution in [0.25, 0.3) is 176 Å². The summed E-state index contributed by atoms with van der Waals surface area (Å²) in [5.41, 5.74) is 18.2. The van der Waals surface area contributed by atoms with Gasteiger partial charge in [0, 0.05) is 86.8 Å². The van der Waals surface area contributed by atoms with Gasteiger partial charge in [-0.3, -0.25) is 18.3 Å². The second-order valence-electron chi connectivity index (χ2n) is 21.9. The Kier molecular flexibility index (Phi) is 9.18. The van der Waals surface area contributed by atoms with Crippen LogP contribution < -0.4 is 0 Å². The first kappa shape index (κ1) is 45.3. The Hall–Kier alpha value is -11.5. The number of nitrogens with zero attached hydrogens (tertiary/aromatic N) is 4. The third kappa shape index (κ3) is 6.20. The number of fused-ring (bicyclic) bond motifs is 22. The van der Waals surface area contributed by atoms with Gasteiger partial charge in [-0.25, -0.2) is 0 Å². The highest BCUT2D eigenvalue weighted by Crippen LogP contribution is 2.46. The fraction of sp³-hybridized carbons (Fsp3) is 0. The van der Waals surface area contributed by atoms with Gasteiger partial charge in [-0.1, -0.05) is 170 Å². The minimum absolute atomic E-state index is 0.875. The molecular weight excluding hydrogens is 1030 g/mol. The molecule has 0 atom stereocenters. The zero-order valence-corrected chi connectivity index (χ0v) is 44.8. The normalized spacial score (nSPS) is 12.3. The molecule has 0 saturated carbocycles. The fourth-order valence-corrected chi connectivity index (χ4v) is 13.9. The summed E-state index contributed by atoms with van der Waals surface area (Å²) < 4.78 is 35.1. The van der Waals surface area contributed by atoms with Gasteiger partial charge in [0.25, 0.3) is 0 Å². The standard InChI is InChI=1S/2C38H22N2O2/c1-5-17-29-27(13-1)35-28-14-2-6-18-30(28)40(32-20-10-16-26-24-12-4-8-22-34(24)42-37(26)32)38(35)39(29)31-19-9-15-25-23-11-3-7-21-33(23)41-36(25)31;1-5-13-31-27(11-1)37-28-12-2-6-14-32(28)40(24-18-20-36-30(22-24)26-10-4-8-16-34(26)42-36)38(37)39(31)23-17-19-35-29(21-23)25-9-3-7-15-33(25)41-35/h2*1-22H. The van der Waals surface area contributed by atoms with Crippen molar-refractivity contribution in [3.8, 4) is 22.7 Å². The minimum Gasteiger partial charge on any atom is -0.456 e. The van der Waals surface area contributed by atoms with Gasteiger partial charge >= 0.3 is 0 Å². The topological polar surface area (TPSA) is 72.3 Å². The lowest BCUT2D eigenvalue weighted by molar-refractivity contribution is 0.665. The number of hydrogen-bond acceptors (Lipinski definition) is 4. The van der Waals surface area contributed by atoms with Gasteiger partial charge in [-0.05, 0) is 97.1 Å². The number of rotatable bonds is 4. The highest BCUT2D eigenvalue weighted by Gasteiger charge is 2.27. The SMILES string of the molecule is c1ccc2c(c1)oc1c(-n3c4ccccc4c4c5ccccc5n(-c5cccc6c5oc5ccccc56)c43)cccc12.c1ccc2c(c1)oc1ccc(-n3c4ccccc4c4c5ccccc5n(-c5ccc6oc7ccccc7c6c5)c43)cc12. The Morgan fingerprint density at radius 3 is 0.881 bits per heavy atom. The molecular formula is C76H44N4O4. The molecule has 0 aliphatic rings. The molecule has 0 saturated heterocycles. The van der Waals surface area contributed by atoms with Gasteiger partial charge in [0.2, 0.25) is 0 Å². The molecule has 0 amide bonds. The lowest BCUT2D eigenvalue weighted by Gasteiger charge is -2.13. The highest BCUT2D eigenvalue weighted by molar-refractivity contribution is 6.25. The molecule has 8 nitrogen and oxygen atoms in total. The maximum atomic E-state index is 6.59. The minimum atomic E-state index is 0.875. The van der Waals surface area contributed by atoms with E-state index in [9.17, 15) is 0 Å². The van der Waals surface area contributed by atoms with Crippen LogP contribution in [-0.2, 0) is 0 Å². The van der Waals surface area contributed by atoms with Gasteiger partial charge in [0.1, 0.15) is 44.8 Å². The zero-order valence-electron chi connectivity index (χ0n) is 44.8. The average Bonchev–Trinajstić information content (AvgIpc) is 2.00. The first-order chi connectivity index (χ1) is 41.7. The van der Waals surface area contributed by atoms with E-state index in [1.54, 1.807) is 0 Å². The van der Waals surface area contributed by atoms with E-state index < -0.39 is 0 Å². The van der Waals surface area contributed by atoms with Crippen molar-refractivity contribution in [3.05, 3.63) is 267 Å². The van der Waals surface area contributed by atoms with Crippen LogP contribution in [0.4, 0.5) is 0 Å². The average molecular weight is 1080 g/mol. The molecule has 392 valence electrons. The van der Waals surface area contributed by atoms with Crippen molar-refractivity contribution in [2.45, 2.75) is 0 Å². The van der Waals surface area contributed by atoms with E-state index in [1.165, 1.54) is 43.4 Å². The van der Waals surface area contributed by atoms with Gasteiger partial charge in [0.05, 0.1) is 33.4 Å². The molecule has 8 aromatic heterocycles. The van der Waals surface area contributed by atoms with E-state index in [-0.39, 0.29) is 0 Å². The molecule has 0 spiro atoms. The molecule has 0 radical (unpaired) electrons. The number of furan rings is 4. The summed E-state index contributed by atoms with van der Waals surface area (Å²) in [6.07, 6.45) is 0. The molecule has 12 aromatic carbocycles. The first-order valence-corrected chi connectivity index (χ1v) is 28.4. The largest absolute Gasteiger partial charge is 0.456 e.